The Morgan fingerprint density at radius 3 is 2.62 bits per heavy atom. The zero-order valence-electron chi connectivity index (χ0n) is 12.9. The van der Waals surface area contributed by atoms with Crippen LogP contribution in [-0.4, -0.2) is 44.9 Å². The number of nitrogens with two attached hydrogens (primary N) is 1. The highest BCUT2D eigenvalue weighted by atomic mass is 19.1. The summed E-state index contributed by atoms with van der Waals surface area (Å²) in [6.45, 7) is 0.886. The molecule has 24 heavy (non-hydrogen) atoms. The Bertz CT molecular complexity index is 850. The molecule has 0 aliphatic rings. The lowest BCUT2D eigenvalue weighted by Crippen LogP contribution is -2.09. The summed E-state index contributed by atoms with van der Waals surface area (Å²) in [7, 11) is 1.55. The van der Waals surface area contributed by atoms with E-state index in [1.54, 1.807) is 19.2 Å². The van der Waals surface area contributed by atoms with E-state index < -0.39 is 0 Å². The lowest BCUT2D eigenvalue weighted by Gasteiger charge is -2.07. The molecule has 0 fully saturated rings. The highest BCUT2D eigenvalue weighted by Gasteiger charge is 2.17. The molecule has 3 N–H and O–H groups in total. The zero-order valence-corrected chi connectivity index (χ0v) is 12.9. The van der Waals surface area contributed by atoms with E-state index in [0.29, 0.717) is 12.3 Å². The van der Waals surface area contributed by atoms with Crippen molar-refractivity contribution < 1.29 is 19.0 Å². The van der Waals surface area contributed by atoms with Gasteiger partial charge in [0, 0.05) is 7.11 Å². The van der Waals surface area contributed by atoms with Crippen LogP contribution in [0.15, 0.2) is 24.3 Å². The van der Waals surface area contributed by atoms with Crippen LogP contribution in [0.25, 0.3) is 11.2 Å². The van der Waals surface area contributed by atoms with Crippen LogP contribution in [0.1, 0.15) is 5.56 Å². The maximum atomic E-state index is 13.0. The van der Waals surface area contributed by atoms with E-state index in [1.165, 1.54) is 16.7 Å². The monoisotopic (exact) mass is 333 g/mol. The average molecular weight is 333 g/mol. The van der Waals surface area contributed by atoms with Crippen molar-refractivity contribution in [1.29, 1.82) is 0 Å². The van der Waals surface area contributed by atoms with Gasteiger partial charge < -0.3 is 20.3 Å². The lowest BCUT2D eigenvalue weighted by molar-refractivity contribution is 0.141. The SMILES string of the molecule is COCCOc1nc(N)c2nc(O)n(Cc3ccc(F)cc3)c2n1. The van der Waals surface area contributed by atoms with E-state index >= 15 is 0 Å². The van der Waals surface area contributed by atoms with Crippen LogP contribution < -0.4 is 10.5 Å². The van der Waals surface area contributed by atoms with Gasteiger partial charge >= 0.3 is 6.01 Å². The van der Waals surface area contributed by atoms with Gasteiger partial charge in [0.15, 0.2) is 17.0 Å². The number of ether oxygens (including phenoxy) is 2. The molecule has 9 heteroatoms. The van der Waals surface area contributed by atoms with Crippen molar-refractivity contribution in [2.75, 3.05) is 26.1 Å². The predicted molar refractivity (Wildman–Crippen MR) is 84.3 cm³/mol. The molecule has 8 nitrogen and oxygen atoms in total. The van der Waals surface area contributed by atoms with Crippen molar-refractivity contribution in [1.82, 2.24) is 19.5 Å². The number of aromatic nitrogens is 4. The first-order valence-corrected chi connectivity index (χ1v) is 7.17. The summed E-state index contributed by atoms with van der Waals surface area (Å²) < 4.78 is 24.7. The molecule has 0 radical (unpaired) electrons. The Morgan fingerprint density at radius 2 is 1.92 bits per heavy atom. The molecule has 2 aromatic heterocycles. The molecule has 0 aliphatic heterocycles. The van der Waals surface area contributed by atoms with Gasteiger partial charge in [-0.05, 0) is 17.7 Å². The van der Waals surface area contributed by atoms with Crippen LogP contribution in [0.4, 0.5) is 10.2 Å². The Hall–Kier alpha value is -2.94. The van der Waals surface area contributed by atoms with Crippen LogP contribution in [0, 0.1) is 5.82 Å². The van der Waals surface area contributed by atoms with Gasteiger partial charge in [-0.1, -0.05) is 12.1 Å². The van der Waals surface area contributed by atoms with Crippen LogP contribution in [0.2, 0.25) is 0 Å². The summed E-state index contributed by atoms with van der Waals surface area (Å²) in [5.74, 6) is -0.237. The van der Waals surface area contributed by atoms with Crippen LogP contribution >= 0.6 is 0 Å². The summed E-state index contributed by atoms with van der Waals surface area (Å²) in [6, 6.07) is 5.71. The van der Waals surface area contributed by atoms with Crippen LogP contribution in [0.3, 0.4) is 0 Å². The number of benzene rings is 1. The number of rotatable bonds is 6. The van der Waals surface area contributed by atoms with Crippen molar-refractivity contribution in [2.24, 2.45) is 0 Å². The van der Waals surface area contributed by atoms with Gasteiger partial charge in [-0.2, -0.15) is 15.0 Å². The van der Waals surface area contributed by atoms with E-state index in [4.69, 9.17) is 15.2 Å². The first-order chi connectivity index (χ1) is 11.6. The van der Waals surface area contributed by atoms with E-state index in [0.717, 1.165) is 5.56 Å². The van der Waals surface area contributed by atoms with Crippen molar-refractivity contribution in [2.45, 2.75) is 6.54 Å². The maximum Gasteiger partial charge on any atom is 0.320 e. The molecule has 0 saturated heterocycles. The molecule has 1 aromatic carbocycles. The number of methoxy groups -OCH3 is 1. The number of nitrogens with zero attached hydrogens (tertiary/aromatic N) is 4. The standard InChI is InChI=1S/C15H16FN5O3/c1-23-6-7-24-14-19-12(17)11-13(20-14)21(15(22)18-11)8-9-2-4-10(16)5-3-9/h2-5H,6-8H2,1H3,(H,18,22)(H2,17,19,20). The average Bonchev–Trinajstić information content (AvgIpc) is 2.87. The fraction of sp³-hybridized carbons (Fsp3) is 0.267. The Kier molecular flexibility index (Phi) is 4.43. The second kappa shape index (κ2) is 6.67. The van der Waals surface area contributed by atoms with Gasteiger partial charge in [0.2, 0.25) is 0 Å². The molecule has 3 rings (SSSR count). The van der Waals surface area contributed by atoms with Gasteiger partial charge in [-0.3, -0.25) is 4.57 Å². The lowest BCUT2D eigenvalue weighted by atomic mass is 10.2. The topological polar surface area (TPSA) is 108 Å². The van der Waals surface area contributed by atoms with Crippen LogP contribution in [0.5, 0.6) is 12.0 Å². The number of hydrogen-bond donors (Lipinski definition) is 2. The summed E-state index contributed by atoms with van der Waals surface area (Å²) in [5, 5.41) is 10.1. The van der Waals surface area contributed by atoms with E-state index in [2.05, 4.69) is 15.0 Å². The molecule has 3 aromatic rings. The minimum Gasteiger partial charge on any atom is -0.480 e. The number of aromatic hydroxyl groups is 1. The van der Waals surface area contributed by atoms with Crippen molar-refractivity contribution in [3.63, 3.8) is 0 Å². The minimum absolute atomic E-state index is 0.0670. The Morgan fingerprint density at radius 1 is 1.17 bits per heavy atom. The fourth-order valence-electron chi connectivity index (χ4n) is 2.19. The Balaban J connectivity index is 1.96. The van der Waals surface area contributed by atoms with E-state index in [1.807, 2.05) is 0 Å². The van der Waals surface area contributed by atoms with Gasteiger partial charge in [-0.15, -0.1) is 0 Å². The summed E-state index contributed by atoms with van der Waals surface area (Å²) >= 11 is 0. The maximum absolute atomic E-state index is 13.0. The second-order valence-electron chi connectivity index (χ2n) is 5.03. The number of halogens is 1. The Labute approximate surface area is 136 Å². The highest BCUT2D eigenvalue weighted by Crippen LogP contribution is 2.25. The zero-order chi connectivity index (χ0) is 17.1. The second-order valence-corrected chi connectivity index (χ2v) is 5.03. The minimum atomic E-state index is -0.334. The molecule has 0 amide bonds. The first-order valence-electron chi connectivity index (χ1n) is 7.17. The van der Waals surface area contributed by atoms with Crippen LogP contribution in [-0.2, 0) is 11.3 Å². The van der Waals surface area contributed by atoms with Crippen molar-refractivity contribution >= 4 is 17.0 Å². The summed E-state index contributed by atoms with van der Waals surface area (Å²) in [4.78, 5) is 12.2. The van der Waals surface area contributed by atoms with Gasteiger partial charge in [0.1, 0.15) is 12.4 Å². The molecule has 0 saturated carbocycles. The van der Waals surface area contributed by atoms with Gasteiger partial charge in [-0.25, -0.2) is 4.39 Å². The third-order valence-electron chi connectivity index (χ3n) is 3.35. The molecule has 0 spiro atoms. The molecular formula is C15H16FN5O3. The molecular weight excluding hydrogens is 317 g/mol. The number of hydrogen-bond acceptors (Lipinski definition) is 7. The molecule has 0 unspecified atom stereocenters. The van der Waals surface area contributed by atoms with Gasteiger partial charge in [0.05, 0.1) is 13.2 Å². The quantitative estimate of drug-likeness (QED) is 0.655. The number of imidazole rings is 1. The van der Waals surface area contributed by atoms with Crippen molar-refractivity contribution in [3.8, 4) is 12.0 Å². The molecule has 2 heterocycles. The number of nitrogen functional groups attached to an aromatic ring is 1. The highest BCUT2D eigenvalue weighted by molar-refractivity contribution is 5.83. The summed E-state index contributed by atoms with van der Waals surface area (Å²) in [6.07, 6.45) is 0. The summed E-state index contributed by atoms with van der Waals surface area (Å²) in [5.41, 5.74) is 7.23. The number of fused-ring (bicyclic) bond motifs is 1. The molecule has 0 bridgehead atoms. The third-order valence-corrected chi connectivity index (χ3v) is 3.35. The normalized spacial score (nSPS) is 11.1. The fourth-order valence-corrected chi connectivity index (χ4v) is 2.19. The smallest absolute Gasteiger partial charge is 0.320 e. The number of anilines is 1. The van der Waals surface area contributed by atoms with Gasteiger partial charge in [0.25, 0.3) is 6.01 Å². The third kappa shape index (κ3) is 3.20. The van der Waals surface area contributed by atoms with E-state index in [9.17, 15) is 9.50 Å². The van der Waals surface area contributed by atoms with Crippen molar-refractivity contribution in [3.05, 3.63) is 35.6 Å². The predicted octanol–water partition coefficient (Wildman–Crippen LogP) is 1.33. The molecule has 0 atom stereocenters. The molecule has 126 valence electrons. The largest absolute Gasteiger partial charge is 0.480 e. The van der Waals surface area contributed by atoms with E-state index in [-0.39, 0.29) is 42.3 Å². The molecule has 0 aliphatic carbocycles. The first kappa shape index (κ1) is 15.9.